The zero-order valence-corrected chi connectivity index (χ0v) is 26.4. The van der Waals surface area contributed by atoms with Gasteiger partial charge in [0.05, 0.1) is 12.0 Å². The Bertz CT molecular complexity index is 1880. The highest BCUT2D eigenvalue weighted by Crippen LogP contribution is 2.44. The molecule has 0 unspecified atom stereocenters. The number of halogens is 3. The Morgan fingerprint density at radius 3 is 2.59 bits per heavy atom. The lowest BCUT2D eigenvalue weighted by Gasteiger charge is -2.33. The van der Waals surface area contributed by atoms with Crippen LogP contribution in [0.4, 0.5) is 13.2 Å². The van der Waals surface area contributed by atoms with Crippen molar-refractivity contribution in [2.24, 2.45) is 5.41 Å². The molecular formula is C30H33F3N6O6S. The van der Waals surface area contributed by atoms with Crippen LogP contribution < -0.4 is 4.74 Å². The maximum absolute atomic E-state index is 14.0. The van der Waals surface area contributed by atoms with Crippen molar-refractivity contribution < 1.29 is 41.0 Å². The Morgan fingerprint density at radius 1 is 1.11 bits per heavy atom. The van der Waals surface area contributed by atoms with Crippen LogP contribution in [0, 0.1) is 19.3 Å². The van der Waals surface area contributed by atoms with Crippen LogP contribution in [0.5, 0.6) is 5.88 Å². The van der Waals surface area contributed by atoms with Crippen molar-refractivity contribution in [1.29, 1.82) is 0 Å². The van der Waals surface area contributed by atoms with Crippen molar-refractivity contribution in [2.75, 3.05) is 26.4 Å². The number of aliphatic carboxylic acids is 1. The van der Waals surface area contributed by atoms with Gasteiger partial charge in [0.25, 0.3) is 0 Å². The number of ether oxygens (including phenoxy) is 2. The van der Waals surface area contributed by atoms with Crippen molar-refractivity contribution in [3.8, 4) is 5.88 Å². The summed E-state index contributed by atoms with van der Waals surface area (Å²) in [6, 6.07) is 6.05. The van der Waals surface area contributed by atoms with E-state index < -0.39 is 39.3 Å². The summed E-state index contributed by atoms with van der Waals surface area (Å²) in [6.45, 7) is 6.97. The van der Waals surface area contributed by atoms with E-state index in [9.17, 15) is 31.5 Å². The number of rotatable bonds is 6. The number of fused-ring (bicyclic) bond motifs is 2. The first kappa shape index (κ1) is 33.2. The number of aryl methyl sites for hydroxylation is 2. The Balaban J connectivity index is 1.61. The fourth-order valence-corrected chi connectivity index (χ4v) is 7.10. The molecule has 46 heavy (non-hydrogen) atoms. The molecule has 246 valence electrons. The molecular weight excluding hydrogens is 629 g/mol. The summed E-state index contributed by atoms with van der Waals surface area (Å²) >= 11 is 0. The summed E-state index contributed by atoms with van der Waals surface area (Å²) < 4.78 is 81.9. The molecule has 0 spiro atoms. The molecule has 4 aromatic rings. The van der Waals surface area contributed by atoms with Crippen molar-refractivity contribution in [2.45, 2.75) is 57.7 Å². The maximum Gasteiger partial charge on any atom is 0.452 e. The van der Waals surface area contributed by atoms with Crippen LogP contribution in [0.15, 0.2) is 47.8 Å². The molecule has 16 heteroatoms. The highest BCUT2D eigenvalue weighted by atomic mass is 32.2. The smallest absolute Gasteiger partial charge is 0.452 e. The normalized spacial score (nSPS) is 17.1. The Kier molecular flexibility index (Phi) is 9.07. The third-order valence-electron chi connectivity index (χ3n) is 8.11. The van der Waals surface area contributed by atoms with E-state index >= 15 is 0 Å². The summed E-state index contributed by atoms with van der Waals surface area (Å²) in [5.74, 6) is -3.32. The van der Waals surface area contributed by atoms with Gasteiger partial charge in [-0.1, -0.05) is 6.07 Å². The zero-order valence-electron chi connectivity index (χ0n) is 25.6. The third-order valence-corrected chi connectivity index (χ3v) is 9.97. The van der Waals surface area contributed by atoms with Gasteiger partial charge in [-0.2, -0.15) is 17.5 Å². The molecule has 12 nitrogen and oxygen atoms in total. The predicted octanol–water partition coefficient (Wildman–Crippen LogP) is 4.39. The van der Waals surface area contributed by atoms with Crippen molar-refractivity contribution >= 4 is 21.6 Å². The molecule has 0 aromatic carbocycles. The van der Waals surface area contributed by atoms with Crippen LogP contribution in [0.1, 0.15) is 60.0 Å². The average molecular weight is 663 g/mol. The van der Waals surface area contributed by atoms with E-state index in [0.717, 1.165) is 4.40 Å². The molecule has 0 radical (unpaired) electrons. The zero-order chi connectivity index (χ0) is 33.4. The minimum atomic E-state index is -4.75. The van der Waals surface area contributed by atoms with Gasteiger partial charge in [-0.05, 0) is 74.6 Å². The van der Waals surface area contributed by atoms with Gasteiger partial charge in [0.1, 0.15) is 11.5 Å². The second kappa shape index (κ2) is 12.6. The van der Waals surface area contributed by atoms with E-state index in [1.54, 1.807) is 19.9 Å². The molecule has 0 bridgehead atoms. The first-order valence-corrected chi connectivity index (χ1v) is 15.8. The van der Waals surface area contributed by atoms with Crippen molar-refractivity contribution in [3.63, 3.8) is 0 Å². The maximum atomic E-state index is 14.0. The van der Waals surface area contributed by atoms with E-state index in [1.165, 1.54) is 54.9 Å². The number of alkyl halides is 3. The molecule has 5 rings (SSSR count). The van der Waals surface area contributed by atoms with Gasteiger partial charge in [0.2, 0.25) is 21.7 Å². The van der Waals surface area contributed by atoms with Gasteiger partial charge in [-0.15, -0.1) is 10.2 Å². The molecule has 5 heterocycles. The van der Waals surface area contributed by atoms with Crippen LogP contribution in [0.2, 0.25) is 0 Å². The van der Waals surface area contributed by atoms with E-state index in [2.05, 4.69) is 20.2 Å². The second-order valence-electron chi connectivity index (χ2n) is 11.5. The number of carboxylic acids is 1. The van der Waals surface area contributed by atoms with E-state index in [-0.39, 0.29) is 42.7 Å². The minimum Gasteiger partial charge on any atom is -0.481 e. The fraction of sp³-hybridized carbons (Fsp3) is 0.433. The van der Waals surface area contributed by atoms with Crippen LogP contribution >= 0.6 is 0 Å². The number of nitrogens with zero attached hydrogens (tertiary/aromatic N) is 6. The van der Waals surface area contributed by atoms with Crippen LogP contribution in [-0.2, 0) is 32.3 Å². The quantitative estimate of drug-likeness (QED) is 0.315. The Hall–Kier alpha value is -4.15. The Morgan fingerprint density at radius 2 is 1.87 bits per heavy atom. The fourth-order valence-electron chi connectivity index (χ4n) is 5.56. The molecule has 1 aliphatic rings. The molecule has 0 amide bonds. The van der Waals surface area contributed by atoms with Gasteiger partial charge in [-0.3, -0.25) is 14.2 Å². The number of carbonyl (C=O) groups is 1. The summed E-state index contributed by atoms with van der Waals surface area (Å²) in [7, 11) is -4.12. The van der Waals surface area contributed by atoms with Gasteiger partial charge in [-0.25, -0.2) is 13.4 Å². The minimum absolute atomic E-state index is 0.0436. The molecule has 1 atom stereocenters. The standard InChI is InChI=1S/C30H33F3N6O6S/c1-18-22(8-11-39-25(18)36-37-27(39)30(31,32)33)24(29(3,4)28(40)41)20-15-21(19(2)35-16-20)17-38-10-6-12-44-13-14-45-26-23(46(38,42)43)7-5-9-34-26/h5,7-9,11,15-16,24H,6,10,12-14,17H2,1-4H3,(H,40,41)/t24-/m1/s1. The first-order valence-electron chi connectivity index (χ1n) is 14.4. The van der Waals surface area contributed by atoms with Crippen LogP contribution in [-0.4, -0.2) is 74.7 Å². The summed E-state index contributed by atoms with van der Waals surface area (Å²) in [5.41, 5.74) is 0.626. The first-order chi connectivity index (χ1) is 21.6. The van der Waals surface area contributed by atoms with Gasteiger partial charge >= 0.3 is 12.1 Å². The van der Waals surface area contributed by atoms with E-state index in [1.807, 2.05) is 0 Å². The number of sulfonamides is 1. The average Bonchev–Trinajstić information content (AvgIpc) is 3.43. The third kappa shape index (κ3) is 6.28. The van der Waals surface area contributed by atoms with Gasteiger partial charge in [0.15, 0.2) is 5.65 Å². The predicted molar refractivity (Wildman–Crippen MR) is 158 cm³/mol. The lowest BCUT2D eigenvalue weighted by Crippen LogP contribution is -2.34. The largest absolute Gasteiger partial charge is 0.481 e. The molecule has 4 aromatic heterocycles. The molecule has 0 fully saturated rings. The van der Waals surface area contributed by atoms with Crippen LogP contribution in [0.25, 0.3) is 5.65 Å². The van der Waals surface area contributed by atoms with Crippen molar-refractivity contribution in [1.82, 2.24) is 28.9 Å². The number of pyridine rings is 3. The highest BCUT2D eigenvalue weighted by Gasteiger charge is 2.42. The van der Waals surface area contributed by atoms with E-state index in [4.69, 9.17) is 9.47 Å². The number of hydrogen-bond donors (Lipinski definition) is 1. The number of carboxylic acid groups (broad SMARTS) is 1. The van der Waals surface area contributed by atoms with Gasteiger partial charge in [0, 0.05) is 49.9 Å². The van der Waals surface area contributed by atoms with Crippen molar-refractivity contribution in [3.05, 3.63) is 76.6 Å². The highest BCUT2D eigenvalue weighted by molar-refractivity contribution is 7.89. The number of hydrogen-bond acceptors (Lipinski definition) is 9. The lowest BCUT2D eigenvalue weighted by molar-refractivity contribution is -0.147. The molecule has 1 N–H and O–H groups in total. The van der Waals surface area contributed by atoms with E-state index in [0.29, 0.717) is 41.0 Å². The monoisotopic (exact) mass is 662 g/mol. The SMILES string of the molecule is Cc1ncc([C@H](c2ccn3c(C(F)(F)F)nnc3c2C)C(C)(C)C(=O)O)cc1CN1CCCOCCOc2ncccc2S1(=O)=O. The molecule has 1 aliphatic heterocycles. The summed E-state index contributed by atoms with van der Waals surface area (Å²) in [5, 5.41) is 17.4. The Labute approximate surface area is 263 Å². The molecule has 0 saturated heterocycles. The summed E-state index contributed by atoms with van der Waals surface area (Å²) in [6.07, 6.45) is -0.242. The van der Waals surface area contributed by atoms with Gasteiger partial charge < -0.3 is 14.6 Å². The summed E-state index contributed by atoms with van der Waals surface area (Å²) in [4.78, 5) is 21.2. The molecule has 0 saturated carbocycles. The second-order valence-corrected chi connectivity index (χ2v) is 13.5. The lowest BCUT2D eigenvalue weighted by atomic mass is 9.70. The number of aromatic nitrogens is 5. The van der Waals surface area contributed by atoms with Crippen LogP contribution in [0.3, 0.4) is 0 Å². The topological polar surface area (TPSA) is 149 Å². The molecule has 0 aliphatic carbocycles.